The van der Waals surface area contributed by atoms with Gasteiger partial charge in [-0.1, -0.05) is 26.0 Å². The molecule has 4 bridgehead atoms. The van der Waals surface area contributed by atoms with Gasteiger partial charge in [-0.3, -0.25) is 0 Å². The Hall–Kier alpha value is -0.300. The molecule has 0 aliphatic heterocycles. The van der Waals surface area contributed by atoms with Gasteiger partial charge in [0, 0.05) is 12.1 Å². The van der Waals surface area contributed by atoms with Crippen LogP contribution >= 0.6 is 0 Å². The molecule has 1 heteroatoms. The topological polar surface area (TPSA) is 12.0 Å². The third-order valence-electron chi connectivity index (χ3n) is 5.39. The summed E-state index contributed by atoms with van der Waals surface area (Å²) in [7, 11) is 0. The lowest BCUT2D eigenvalue weighted by Gasteiger charge is -2.65. The van der Waals surface area contributed by atoms with Gasteiger partial charge in [-0.2, -0.15) is 0 Å². The van der Waals surface area contributed by atoms with Crippen molar-refractivity contribution in [1.29, 1.82) is 0 Å². The van der Waals surface area contributed by atoms with Crippen molar-refractivity contribution in [3.8, 4) is 0 Å². The third kappa shape index (κ3) is 1.97. The van der Waals surface area contributed by atoms with Crippen LogP contribution in [0.15, 0.2) is 12.2 Å². The molecule has 1 nitrogen and oxygen atoms in total. The Morgan fingerprint density at radius 3 is 2.18 bits per heavy atom. The zero-order valence-corrected chi connectivity index (χ0v) is 11.7. The fraction of sp³-hybridized carbons (Fsp3) is 0.875. The highest BCUT2D eigenvalue weighted by atomic mass is 15.0. The Kier molecular flexibility index (Phi) is 2.34. The molecule has 0 heterocycles. The highest BCUT2D eigenvalue weighted by Crippen LogP contribution is 2.66. The van der Waals surface area contributed by atoms with Crippen LogP contribution in [0, 0.1) is 16.7 Å². The normalized spacial score (nSPS) is 51.8. The molecule has 4 saturated carbocycles. The van der Waals surface area contributed by atoms with Crippen molar-refractivity contribution in [3.63, 3.8) is 0 Å². The van der Waals surface area contributed by atoms with Crippen molar-refractivity contribution in [2.24, 2.45) is 16.7 Å². The van der Waals surface area contributed by atoms with Gasteiger partial charge in [-0.25, -0.2) is 0 Å². The van der Waals surface area contributed by atoms with Crippen molar-refractivity contribution >= 4 is 0 Å². The van der Waals surface area contributed by atoms with E-state index >= 15 is 0 Å². The molecule has 96 valence electrons. The van der Waals surface area contributed by atoms with Gasteiger partial charge < -0.3 is 5.32 Å². The molecular formula is C16H27N. The first kappa shape index (κ1) is 11.8. The van der Waals surface area contributed by atoms with E-state index in [9.17, 15) is 0 Å². The van der Waals surface area contributed by atoms with Crippen LogP contribution in [0.2, 0.25) is 0 Å². The van der Waals surface area contributed by atoms with E-state index in [1.165, 1.54) is 44.1 Å². The molecule has 2 unspecified atom stereocenters. The maximum Gasteiger partial charge on any atom is 0.0197 e. The van der Waals surface area contributed by atoms with Crippen LogP contribution in [0.3, 0.4) is 0 Å². The van der Waals surface area contributed by atoms with Gasteiger partial charge in [-0.15, -0.1) is 0 Å². The largest absolute Gasteiger partial charge is 0.307 e. The first-order valence-corrected chi connectivity index (χ1v) is 7.22. The van der Waals surface area contributed by atoms with Crippen LogP contribution in [0.25, 0.3) is 0 Å². The quantitative estimate of drug-likeness (QED) is 0.729. The molecule has 17 heavy (non-hydrogen) atoms. The van der Waals surface area contributed by atoms with Gasteiger partial charge in [0.1, 0.15) is 0 Å². The second-order valence-corrected chi connectivity index (χ2v) is 8.22. The first-order chi connectivity index (χ1) is 7.82. The zero-order chi connectivity index (χ0) is 12.3. The van der Waals surface area contributed by atoms with Crippen LogP contribution in [-0.4, -0.2) is 12.1 Å². The summed E-state index contributed by atoms with van der Waals surface area (Å²) in [5.41, 5.74) is 2.96. The minimum Gasteiger partial charge on any atom is -0.307 e. The molecule has 4 rings (SSSR count). The summed E-state index contributed by atoms with van der Waals surface area (Å²) in [6.45, 7) is 12.3. The molecular weight excluding hydrogens is 206 g/mol. The predicted octanol–water partition coefficient (Wildman–Crippen LogP) is 3.90. The van der Waals surface area contributed by atoms with Gasteiger partial charge in [0.15, 0.2) is 0 Å². The molecule has 4 aliphatic carbocycles. The Morgan fingerprint density at radius 1 is 1.12 bits per heavy atom. The van der Waals surface area contributed by atoms with Crippen molar-refractivity contribution in [1.82, 2.24) is 5.32 Å². The molecule has 0 aromatic heterocycles. The Bertz CT molecular complexity index is 339. The molecule has 4 aliphatic rings. The zero-order valence-electron chi connectivity index (χ0n) is 11.7. The molecule has 0 saturated heterocycles. The van der Waals surface area contributed by atoms with Crippen molar-refractivity contribution in [2.45, 2.75) is 64.8 Å². The minimum absolute atomic E-state index is 0.446. The molecule has 0 amide bonds. The highest BCUT2D eigenvalue weighted by Gasteiger charge is 2.59. The first-order valence-electron chi connectivity index (χ1n) is 7.22. The molecule has 0 spiro atoms. The molecule has 4 fully saturated rings. The standard InChI is InChI=1S/C16H27N/c1-12(2)8-17-16-7-13-5-14(3,10-16)9-15(4,6-13)11-16/h13,17H,1,5-11H2,2-4H3. The van der Waals surface area contributed by atoms with Crippen LogP contribution in [-0.2, 0) is 0 Å². The monoisotopic (exact) mass is 233 g/mol. The van der Waals surface area contributed by atoms with E-state index in [2.05, 4.69) is 32.7 Å². The van der Waals surface area contributed by atoms with Gasteiger partial charge in [0.25, 0.3) is 0 Å². The van der Waals surface area contributed by atoms with E-state index < -0.39 is 0 Å². The van der Waals surface area contributed by atoms with Crippen molar-refractivity contribution in [3.05, 3.63) is 12.2 Å². The SMILES string of the molecule is C=C(C)CNC12CC3CC(C)(CC(C)(C3)C1)C2. The summed E-state index contributed by atoms with van der Waals surface area (Å²) in [4.78, 5) is 0. The summed E-state index contributed by atoms with van der Waals surface area (Å²) in [6.07, 6.45) is 8.66. The molecule has 2 atom stereocenters. The van der Waals surface area contributed by atoms with E-state index in [-0.39, 0.29) is 0 Å². The maximum atomic E-state index is 4.04. The van der Waals surface area contributed by atoms with E-state index in [4.69, 9.17) is 0 Å². The lowest BCUT2D eigenvalue weighted by Crippen LogP contribution is -2.64. The van der Waals surface area contributed by atoms with Gasteiger partial charge in [-0.05, 0) is 62.2 Å². The van der Waals surface area contributed by atoms with Crippen LogP contribution in [0.1, 0.15) is 59.3 Å². The predicted molar refractivity (Wildman–Crippen MR) is 73.0 cm³/mol. The fourth-order valence-electron chi connectivity index (χ4n) is 5.98. The fourth-order valence-corrected chi connectivity index (χ4v) is 5.98. The van der Waals surface area contributed by atoms with Gasteiger partial charge >= 0.3 is 0 Å². The summed E-state index contributed by atoms with van der Waals surface area (Å²) in [5, 5.41) is 3.88. The Balaban J connectivity index is 1.84. The average molecular weight is 233 g/mol. The van der Waals surface area contributed by atoms with Crippen LogP contribution < -0.4 is 5.32 Å². The van der Waals surface area contributed by atoms with E-state index in [1.807, 2.05) is 0 Å². The number of hydrogen-bond donors (Lipinski definition) is 1. The van der Waals surface area contributed by atoms with E-state index in [0.717, 1.165) is 12.5 Å². The average Bonchev–Trinajstić information content (AvgIpc) is 2.08. The van der Waals surface area contributed by atoms with Crippen LogP contribution in [0.4, 0.5) is 0 Å². The number of nitrogens with one attached hydrogen (secondary N) is 1. The lowest BCUT2D eigenvalue weighted by atomic mass is 9.43. The minimum atomic E-state index is 0.446. The summed E-state index contributed by atoms with van der Waals surface area (Å²) < 4.78 is 0. The van der Waals surface area contributed by atoms with Crippen molar-refractivity contribution < 1.29 is 0 Å². The molecule has 0 radical (unpaired) electrons. The number of hydrogen-bond acceptors (Lipinski definition) is 1. The smallest absolute Gasteiger partial charge is 0.0197 e. The second-order valence-electron chi connectivity index (χ2n) is 8.22. The Labute approximate surface area is 106 Å². The summed E-state index contributed by atoms with van der Waals surface area (Å²) in [5.74, 6) is 0.985. The van der Waals surface area contributed by atoms with E-state index in [1.54, 1.807) is 0 Å². The highest BCUT2D eigenvalue weighted by molar-refractivity contribution is 5.15. The Morgan fingerprint density at radius 2 is 1.71 bits per heavy atom. The van der Waals surface area contributed by atoms with Gasteiger partial charge in [0.2, 0.25) is 0 Å². The van der Waals surface area contributed by atoms with Crippen molar-refractivity contribution in [2.75, 3.05) is 6.54 Å². The van der Waals surface area contributed by atoms with Gasteiger partial charge in [0.05, 0.1) is 0 Å². The third-order valence-corrected chi connectivity index (χ3v) is 5.39. The molecule has 0 aromatic rings. The van der Waals surface area contributed by atoms with Crippen LogP contribution in [0.5, 0.6) is 0 Å². The maximum absolute atomic E-state index is 4.04. The summed E-state index contributed by atoms with van der Waals surface area (Å²) in [6, 6.07) is 0. The lowest BCUT2D eigenvalue weighted by molar-refractivity contribution is -0.116. The molecule has 1 N–H and O–H groups in total. The number of rotatable bonds is 3. The second kappa shape index (κ2) is 3.38. The van der Waals surface area contributed by atoms with E-state index in [0.29, 0.717) is 16.4 Å². The summed E-state index contributed by atoms with van der Waals surface area (Å²) >= 11 is 0. The molecule has 0 aromatic carbocycles.